The zero-order chi connectivity index (χ0) is 12.7. The number of thioether (sulfide) groups is 1. The van der Waals surface area contributed by atoms with Gasteiger partial charge < -0.3 is 5.73 Å². The van der Waals surface area contributed by atoms with Gasteiger partial charge in [-0.1, -0.05) is 35.7 Å². The van der Waals surface area contributed by atoms with Crippen molar-refractivity contribution >= 4 is 22.8 Å². The van der Waals surface area contributed by atoms with Crippen LogP contribution in [0.3, 0.4) is 0 Å². The molecule has 0 saturated carbocycles. The molecule has 0 heterocycles. The molecule has 4 heteroatoms. The van der Waals surface area contributed by atoms with Crippen LogP contribution in [0.15, 0.2) is 24.3 Å². The third-order valence-corrected chi connectivity index (χ3v) is 2.76. The van der Waals surface area contributed by atoms with Crippen LogP contribution in [0.5, 0.6) is 0 Å². The van der Waals surface area contributed by atoms with E-state index >= 15 is 0 Å². The Morgan fingerprint density at radius 1 is 1.35 bits per heavy atom. The third kappa shape index (κ3) is 4.75. The topological polar surface area (TPSA) is 60.2 Å². The van der Waals surface area contributed by atoms with Crippen molar-refractivity contribution in [3.05, 3.63) is 35.4 Å². The predicted molar refractivity (Wildman–Crippen MR) is 69.6 cm³/mol. The van der Waals surface area contributed by atoms with Crippen LogP contribution in [0.4, 0.5) is 0 Å². The maximum absolute atomic E-state index is 11.1. The summed E-state index contributed by atoms with van der Waals surface area (Å²) in [5.41, 5.74) is 6.29. The lowest BCUT2D eigenvalue weighted by Gasteiger charge is -1.97. The highest BCUT2D eigenvalue weighted by atomic mass is 32.2. The van der Waals surface area contributed by atoms with E-state index in [0.29, 0.717) is 23.3 Å². The van der Waals surface area contributed by atoms with Crippen molar-refractivity contribution in [1.29, 1.82) is 0 Å². The highest BCUT2D eigenvalue weighted by Crippen LogP contribution is 2.07. The van der Waals surface area contributed by atoms with Crippen LogP contribution in [-0.4, -0.2) is 16.8 Å². The van der Waals surface area contributed by atoms with E-state index in [1.165, 1.54) is 18.7 Å². The van der Waals surface area contributed by atoms with Gasteiger partial charge in [-0.2, -0.15) is 0 Å². The predicted octanol–water partition coefficient (Wildman–Crippen LogP) is 1.81. The Morgan fingerprint density at radius 2 is 2.06 bits per heavy atom. The minimum Gasteiger partial charge on any atom is -0.366 e. The van der Waals surface area contributed by atoms with Gasteiger partial charge in [-0.05, 0) is 12.1 Å². The number of primary amides is 1. The highest BCUT2D eigenvalue weighted by molar-refractivity contribution is 8.13. The molecule has 1 aromatic rings. The summed E-state index contributed by atoms with van der Waals surface area (Å²) in [6.07, 6.45) is 0.608. The van der Waals surface area contributed by atoms with Crippen LogP contribution < -0.4 is 5.73 Å². The van der Waals surface area contributed by atoms with Gasteiger partial charge in [0.2, 0.25) is 5.91 Å². The summed E-state index contributed by atoms with van der Waals surface area (Å²) in [4.78, 5) is 21.8. The van der Waals surface area contributed by atoms with E-state index in [-0.39, 0.29) is 5.12 Å². The largest absolute Gasteiger partial charge is 0.366 e. The molecule has 3 nitrogen and oxygen atoms in total. The first-order valence-corrected chi connectivity index (χ1v) is 6.11. The lowest BCUT2D eigenvalue weighted by molar-refractivity contribution is -0.109. The number of benzene rings is 1. The molecule has 0 aliphatic rings. The molecule has 0 aliphatic carbocycles. The van der Waals surface area contributed by atoms with Gasteiger partial charge in [0.05, 0.1) is 5.56 Å². The van der Waals surface area contributed by atoms with E-state index in [9.17, 15) is 9.59 Å². The Balaban J connectivity index is 2.65. The van der Waals surface area contributed by atoms with E-state index in [0.717, 1.165) is 0 Å². The summed E-state index contributed by atoms with van der Waals surface area (Å²) >= 11 is 1.24. The summed E-state index contributed by atoms with van der Waals surface area (Å²) < 4.78 is 0. The summed E-state index contributed by atoms with van der Waals surface area (Å²) in [5, 5.41) is 0.0873. The Hall–Kier alpha value is -1.73. The molecule has 0 fully saturated rings. The van der Waals surface area contributed by atoms with Gasteiger partial charge in [-0.3, -0.25) is 9.59 Å². The minimum absolute atomic E-state index is 0.0873. The first-order chi connectivity index (χ1) is 8.11. The Bertz CT molecular complexity index is 486. The van der Waals surface area contributed by atoms with Crippen molar-refractivity contribution in [2.45, 2.75) is 13.3 Å². The number of hydrogen-bond donors (Lipinski definition) is 1. The van der Waals surface area contributed by atoms with Crippen molar-refractivity contribution in [3.63, 3.8) is 0 Å². The van der Waals surface area contributed by atoms with Gasteiger partial charge in [-0.25, -0.2) is 0 Å². The van der Waals surface area contributed by atoms with Gasteiger partial charge in [0, 0.05) is 24.7 Å². The molecule has 17 heavy (non-hydrogen) atoms. The second kappa shape index (κ2) is 6.77. The fourth-order valence-corrected chi connectivity index (χ4v) is 1.70. The van der Waals surface area contributed by atoms with Crippen LogP contribution in [0.2, 0.25) is 0 Å². The molecule has 0 spiro atoms. The number of rotatable bonds is 3. The second-order valence-corrected chi connectivity index (χ2v) is 4.57. The lowest BCUT2D eigenvalue weighted by atomic mass is 10.1. The van der Waals surface area contributed by atoms with Crippen LogP contribution in [0, 0.1) is 11.8 Å². The first kappa shape index (κ1) is 13.3. The van der Waals surface area contributed by atoms with Crippen molar-refractivity contribution < 1.29 is 9.59 Å². The quantitative estimate of drug-likeness (QED) is 0.654. The molecule has 0 atom stereocenters. The molecule has 0 aromatic heterocycles. The SMILES string of the molecule is CC(=O)SCCC#Cc1ccccc1C(N)=O. The monoisotopic (exact) mass is 247 g/mol. The summed E-state index contributed by atoms with van der Waals surface area (Å²) in [7, 11) is 0. The minimum atomic E-state index is -0.479. The van der Waals surface area contributed by atoms with Crippen molar-refractivity contribution in [1.82, 2.24) is 0 Å². The van der Waals surface area contributed by atoms with Gasteiger partial charge in [-0.15, -0.1) is 0 Å². The van der Waals surface area contributed by atoms with Gasteiger partial charge in [0.25, 0.3) is 0 Å². The fraction of sp³-hybridized carbons (Fsp3) is 0.231. The molecule has 0 bridgehead atoms. The second-order valence-electron chi connectivity index (χ2n) is 3.30. The van der Waals surface area contributed by atoms with Gasteiger partial charge >= 0.3 is 0 Å². The van der Waals surface area contributed by atoms with Crippen LogP contribution in [0.25, 0.3) is 0 Å². The van der Waals surface area contributed by atoms with Crippen molar-refractivity contribution in [2.24, 2.45) is 5.73 Å². The smallest absolute Gasteiger partial charge is 0.249 e. The first-order valence-electron chi connectivity index (χ1n) is 5.12. The summed E-state index contributed by atoms with van der Waals surface area (Å²) in [5.74, 6) is 6.00. The number of amides is 1. The normalized spacial score (nSPS) is 9.24. The van der Waals surface area contributed by atoms with E-state index < -0.39 is 5.91 Å². The molecule has 0 saturated heterocycles. The maximum Gasteiger partial charge on any atom is 0.249 e. The molecule has 0 unspecified atom stereocenters. The number of carbonyl (C=O) groups is 2. The molecule has 2 N–H and O–H groups in total. The molecular formula is C13H13NO2S. The summed E-state index contributed by atoms with van der Waals surface area (Å²) in [6, 6.07) is 6.96. The Labute approximate surface area is 105 Å². The standard InChI is InChI=1S/C13H13NO2S/c1-10(15)17-9-5-4-7-11-6-2-3-8-12(11)13(14)16/h2-3,6,8H,5,9H2,1H3,(H2,14,16). The van der Waals surface area contributed by atoms with Crippen LogP contribution in [-0.2, 0) is 4.79 Å². The van der Waals surface area contributed by atoms with Crippen molar-refractivity contribution in [3.8, 4) is 11.8 Å². The highest BCUT2D eigenvalue weighted by Gasteiger charge is 2.03. The number of hydrogen-bond acceptors (Lipinski definition) is 3. The molecule has 88 valence electrons. The van der Waals surface area contributed by atoms with Gasteiger partial charge in [0.15, 0.2) is 5.12 Å². The third-order valence-electron chi connectivity index (χ3n) is 1.95. The molecule has 0 aliphatic heterocycles. The fourth-order valence-electron chi connectivity index (χ4n) is 1.21. The zero-order valence-electron chi connectivity index (χ0n) is 9.53. The molecule has 1 aromatic carbocycles. The lowest BCUT2D eigenvalue weighted by Crippen LogP contribution is -2.12. The average molecular weight is 247 g/mol. The van der Waals surface area contributed by atoms with Crippen molar-refractivity contribution in [2.75, 3.05) is 5.75 Å². The molecule has 1 rings (SSSR count). The maximum atomic E-state index is 11.1. The van der Waals surface area contributed by atoms with Crippen LogP contribution >= 0.6 is 11.8 Å². The average Bonchev–Trinajstić information content (AvgIpc) is 2.28. The van der Waals surface area contributed by atoms with E-state index in [4.69, 9.17) is 5.73 Å². The van der Waals surface area contributed by atoms with Crippen LogP contribution in [0.1, 0.15) is 29.3 Å². The number of carbonyl (C=O) groups excluding carboxylic acids is 2. The zero-order valence-corrected chi connectivity index (χ0v) is 10.3. The van der Waals surface area contributed by atoms with E-state index in [1.54, 1.807) is 24.3 Å². The molecule has 0 radical (unpaired) electrons. The number of nitrogens with two attached hydrogens (primary N) is 1. The Morgan fingerprint density at radius 3 is 2.71 bits per heavy atom. The summed E-state index contributed by atoms with van der Waals surface area (Å²) in [6.45, 7) is 1.53. The Kier molecular flexibility index (Phi) is 5.31. The van der Waals surface area contributed by atoms with Gasteiger partial charge in [0.1, 0.15) is 0 Å². The van der Waals surface area contributed by atoms with E-state index in [1.807, 2.05) is 0 Å². The van der Waals surface area contributed by atoms with E-state index in [2.05, 4.69) is 11.8 Å². The molecule has 1 amide bonds. The molecular weight excluding hydrogens is 234 g/mol.